The van der Waals surface area contributed by atoms with Crippen molar-refractivity contribution in [2.75, 3.05) is 38.2 Å². The highest BCUT2D eigenvalue weighted by molar-refractivity contribution is 5.93. The lowest BCUT2D eigenvalue weighted by Crippen LogP contribution is -2.45. The highest BCUT2D eigenvalue weighted by Crippen LogP contribution is 2.28. The number of H-pyrrole nitrogens is 1. The zero-order chi connectivity index (χ0) is 32.8. The Morgan fingerprint density at radius 1 is 1.06 bits per heavy atom. The Hall–Kier alpha value is -5.25. The predicted molar refractivity (Wildman–Crippen MR) is 164 cm³/mol. The van der Waals surface area contributed by atoms with Crippen LogP contribution in [0, 0.1) is 11.6 Å². The van der Waals surface area contributed by atoms with E-state index in [1.807, 2.05) is 0 Å². The van der Waals surface area contributed by atoms with Gasteiger partial charge in [-0.1, -0.05) is 0 Å². The average molecular weight is 650 g/mol. The van der Waals surface area contributed by atoms with Crippen molar-refractivity contribution in [3.63, 3.8) is 0 Å². The van der Waals surface area contributed by atoms with Crippen LogP contribution in [0.25, 0.3) is 22.4 Å². The van der Waals surface area contributed by atoms with Gasteiger partial charge < -0.3 is 35.3 Å². The largest absolute Gasteiger partial charge is 0.445 e. The van der Waals surface area contributed by atoms with E-state index in [-0.39, 0.29) is 48.5 Å². The first-order valence-electron chi connectivity index (χ1n) is 15.3. The van der Waals surface area contributed by atoms with Crippen LogP contribution in [-0.2, 0) is 20.9 Å². The van der Waals surface area contributed by atoms with Crippen LogP contribution in [0.15, 0.2) is 43.0 Å². The van der Waals surface area contributed by atoms with Gasteiger partial charge in [-0.2, -0.15) is 0 Å². The van der Waals surface area contributed by atoms with Gasteiger partial charge >= 0.3 is 6.09 Å². The fourth-order valence-corrected chi connectivity index (χ4v) is 5.63. The number of morpholine rings is 1. The van der Waals surface area contributed by atoms with E-state index in [1.165, 1.54) is 18.3 Å². The number of anilines is 1. The first-order chi connectivity index (χ1) is 22.8. The Labute approximate surface area is 267 Å². The molecule has 1 aliphatic heterocycles. The number of hydrogen-bond acceptors (Lipinski definition) is 10. The van der Waals surface area contributed by atoms with Crippen molar-refractivity contribution in [3.8, 4) is 11.4 Å². The molecule has 0 unspecified atom stereocenters. The molecule has 14 nitrogen and oxygen atoms in total. The van der Waals surface area contributed by atoms with Crippen molar-refractivity contribution in [1.82, 2.24) is 40.5 Å². The van der Waals surface area contributed by atoms with Gasteiger partial charge in [0.25, 0.3) is 5.91 Å². The molecule has 2 atom stereocenters. The maximum absolute atomic E-state index is 14.8. The number of ether oxygens (including phenoxy) is 2. The van der Waals surface area contributed by atoms with E-state index in [0.29, 0.717) is 54.9 Å². The van der Waals surface area contributed by atoms with Crippen molar-refractivity contribution in [1.29, 1.82) is 0 Å². The molecule has 47 heavy (non-hydrogen) atoms. The molecule has 16 heteroatoms. The molecule has 4 aromatic rings. The molecule has 6 rings (SSSR count). The molecule has 0 spiro atoms. The first-order valence-corrected chi connectivity index (χ1v) is 15.3. The Bertz CT molecular complexity index is 1760. The molecule has 2 aliphatic rings. The summed E-state index contributed by atoms with van der Waals surface area (Å²) in [6, 6.07) is 4.07. The van der Waals surface area contributed by atoms with Gasteiger partial charge in [0.1, 0.15) is 30.3 Å². The number of aromatic amines is 1. The number of carbonyl (C=O) groups is 3. The standard InChI is InChI=1S/C31H33F2N9O5/c32-19-11-22-23(14-36-27(22)35-13-19)28-37-15-24(33)29(41-28)39-20-2-1-3-21(12-20)40-30(44)25-10-18(4-5-34-25)17-47-31(45)38-16-26(43)42-6-8-46-9-7-42/h4-5,10-11,13-15,20-21H,1-3,6-9,12,16-17H2,(H,35,36)(H,38,45)(H,40,44)(H,37,39,41)/t20-,21+/m1/s1. The molecule has 2 fully saturated rings. The fraction of sp³-hybridized carbons (Fsp3) is 0.387. The molecule has 3 amide bonds. The summed E-state index contributed by atoms with van der Waals surface area (Å²) in [6.45, 7) is 1.58. The summed E-state index contributed by atoms with van der Waals surface area (Å²) in [4.78, 5) is 58.6. The number of hydrogen-bond donors (Lipinski definition) is 4. The van der Waals surface area contributed by atoms with E-state index in [1.54, 1.807) is 17.2 Å². The number of amides is 3. The molecule has 0 bridgehead atoms. The van der Waals surface area contributed by atoms with Gasteiger partial charge in [0.15, 0.2) is 17.5 Å². The van der Waals surface area contributed by atoms with E-state index in [4.69, 9.17) is 9.47 Å². The SMILES string of the molecule is O=C(NCC(=O)N1CCOCC1)OCc1ccnc(C(=O)N[C@H]2CCC[C@@H](Nc3nc(-c4c[nH]c5ncc(F)cc45)ncc3F)C2)c1. The highest BCUT2D eigenvalue weighted by atomic mass is 19.1. The highest BCUT2D eigenvalue weighted by Gasteiger charge is 2.26. The molecule has 1 saturated heterocycles. The Balaban J connectivity index is 1.01. The summed E-state index contributed by atoms with van der Waals surface area (Å²) in [5.41, 5.74) is 1.65. The first kappa shape index (κ1) is 31.7. The second kappa shape index (κ2) is 14.5. The van der Waals surface area contributed by atoms with Gasteiger partial charge in [0.2, 0.25) is 5.91 Å². The Morgan fingerprint density at radius 3 is 2.74 bits per heavy atom. The van der Waals surface area contributed by atoms with Crippen LogP contribution in [0.5, 0.6) is 0 Å². The molecule has 246 valence electrons. The number of nitrogens with one attached hydrogen (secondary N) is 4. The smallest absolute Gasteiger partial charge is 0.407 e. The monoisotopic (exact) mass is 649 g/mol. The number of halogens is 2. The number of pyridine rings is 2. The average Bonchev–Trinajstić information content (AvgIpc) is 3.51. The van der Waals surface area contributed by atoms with Gasteiger partial charge in [-0.3, -0.25) is 14.6 Å². The summed E-state index contributed by atoms with van der Waals surface area (Å²) in [6.07, 6.45) is 7.21. The predicted octanol–water partition coefficient (Wildman–Crippen LogP) is 2.93. The van der Waals surface area contributed by atoms with Crippen LogP contribution in [0.3, 0.4) is 0 Å². The van der Waals surface area contributed by atoms with E-state index in [9.17, 15) is 23.2 Å². The van der Waals surface area contributed by atoms with Crippen LogP contribution >= 0.6 is 0 Å². The zero-order valence-corrected chi connectivity index (χ0v) is 25.3. The summed E-state index contributed by atoms with van der Waals surface area (Å²) < 4.78 is 39.0. The Morgan fingerprint density at radius 2 is 1.89 bits per heavy atom. The van der Waals surface area contributed by atoms with Gasteiger partial charge in [-0.05, 0) is 49.4 Å². The van der Waals surface area contributed by atoms with Crippen molar-refractivity contribution in [2.45, 2.75) is 44.4 Å². The second-order valence-electron chi connectivity index (χ2n) is 11.3. The molecule has 4 aromatic heterocycles. The van der Waals surface area contributed by atoms with E-state index >= 15 is 0 Å². The molecule has 4 N–H and O–H groups in total. The van der Waals surface area contributed by atoms with E-state index < -0.39 is 23.6 Å². The lowest BCUT2D eigenvalue weighted by atomic mass is 9.91. The van der Waals surface area contributed by atoms with Gasteiger partial charge in [0, 0.05) is 48.5 Å². The second-order valence-corrected chi connectivity index (χ2v) is 11.3. The minimum Gasteiger partial charge on any atom is -0.445 e. The van der Waals surface area contributed by atoms with Crippen LogP contribution in [0.2, 0.25) is 0 Å². The molecular weight excluding hydrogens is 616 g/mol. The number of rotatable bonds is 9. The van der Waals surface area contributed by atoms with Gasteiger partial charge in [0.05, 0.1) is 25.6 Å². The molecule has 1 aliphatic carbocycles. The quantitative estimate of drug-likeness (QED) is 0.211. The number of fused-ring (bicyclic) bond motifs is 1. The van der Waals surface area contributed by atoms with Crippen molar-refractivity contribution in [2.24, 2.45) is 0 Å². The van der Waals surface area contributed by atoms with Gasteiger partial charge in [-0.15, -0.1) is 0 Å². The minimum atomic E-state index is -0.755. The van der Waals surface area contributed by atoms with Crippen molar-refractivity contribution in [3.05, 3.63) is 65.9 Å². The van der Waals surface area contributed by atoms with E-state index in [2.05, 4.69) is 40.9 Å². The molecule has 1 saturated carbocycles. The van der Waals surface area contributed by atoms with Gasteiger partial charge in [-0.25, -0.2) is 28.5 Å². The van der Waals surface area contributed by atoms with Crippen molar-refractivity contribution < 1.29 is 32.6 Å². The third-order valence-corrected chi connectivity index (χ3v) is 8.01. The van der Waals surface area contributed by atoms with Crippen LogP contribution in [-0.4, -0.2) is 92.7 Å². The fourth-order valence-electron chi connectivity index (χ4n) is 5.63. The molecular formula is C31H33F2N9O5. The van der Waals surface area contributed by atoms with E-state index in [0.717, 1.165) is 31.7 Å². The van der Waals surface area contributed by atoms with Crippen LogP contribution in [0.1, 0.15) is 41.7 Å². The topological polar surface area (TPSA) is 176 Å². The number of nitrogens with zero attached hydrogens (tertiary/aromatic N) is 5. The summed E-state index contributed by atoms with van der Waals surface area (Å²) in [5.74, 6) is -1.54. The summed E-state index contributed by atoms with van der Waals surface area (Å²) >= 11 is 0. The zero-order valence-electron chi connectivity index (χ0n) is 25.3. The molecule has 0 aromatic carbocycles. The normalized spacial score (nSPS) is 18.0. The maximum atomic E-state index is 14.8. The molecule has 0 radical (unpaired) electrons. The van der Waals surface area contributed by atoms with Crippen LogP contribution in [0.4, 0.5) is 19.4 Å². The number of alkyl carbamates (subject to hydrolysis) is 1. The molecule has 5 heterocycles. The Kier molecular flexibility index (Phi) is 9.75. The third kappa shape index (κ3) is 7.95. The lowest BCUT2D eigenvalue weighted by Gasteiger charge is -2.30. The van der Waals surface area contributed by atoms with Crippen molar-refractivity contribution >= 4 is 34.8 Å². The minimum absolute atomic E-state index is 0.00885. The maximum Gasteiger partial charge on any atom is 0.407 e. The third-order valence-electron chi connectivity index (χ3n) is 8.01. The summed E-state index contributed by atoms with van der Waals surface area (Å²) in [5, 5.41) is 9.07. The summed E-state index contributed by atoms with van der Waals surface area (Å²) in [7, 11) is 0. The van der Waals surface area contributed by atoms with Crippen LogP contribution < -0.4 is 16.0 Å². The number of carbonyl (C=O) groups excluding carboxylic acids is 3. The lowest BCUT2D eigenvalue weighted by molar-refractivity contribution is -0.134. The number of aromatic nitrogens is 5.